The minimum absolute atomic E-state index is 0.827. The second kappa shape index (κ2) is 18.1. The third kappa shape index (κ3) is 6.88. The van der Waals surface area contributed by atoms with Crippen LogP contribution in [0.3, 0.4) is 0 Å². The zero-order chi connectivity index (χ0) is 56.0. The number of rotatable bonds is 10. The summed E-state index contributed by atoms with van der Waals surface area (Å²) >= 11 is 0. The lowest BCUT2D eigenvalue weighted by Gasteiger charge is -2.26. The smallest absolute Gasteiger partial charge is 0.159 e. The van der Waals surface area contributed by atoms with Crippen molar-refractivity contribution in [1.29, 1.82) is 0 Å². The van der Waals surface area contributed by atoms with Gasteiger partial charge in [-0.2, -0.15) is 0 Å². The summed E-state index contributed by atoms with van der Waals surface area (Å²) in [6.07, 6.45) is 5.88. The van der Waals surface area contributed by atoms with Gasteiger partial charge in [0, 0.05) is 87.6 Å². The highest BCUT2D eigenvalue weighted by Gasteiger charge is 2.27. The van der Waals surface area contributed by atoms with Gasteiger partial charge in [0.05, 0.1) is 44.5 Å². The number of hydrogen-bond donors (Lipinski definition) is 0. The lowest BCUT2D eigenvalue weighted by Crippen LogP contribution is -2.10. The molecule has 18 aromatic rings. The van der Waals surface area contributed by atoms with E-state index in [1.54, 1.807) is 0 Å². The van der Waals surface area contributed by atoms with Gasteiger partial charge in [-0.3, -0.25) is 0 Å². The first kappa shape index (κ1) is 47.3. The highest BCUT2D eigenvalue weighted by atomic mass is 16.3. The minimum Gasteiger partial charge on any atom is -0.459 e. The van der Waals surface area contributed by atoms with Crippen LogP contribution in [0.4, 0.5) is 34.1 Å². The Kier molecular flexibility index (Phi) is 10.1. The average molecular weight is 1090 g/mol. The maximum atomic E-state index is 6.82. The van der Waals surface area contributed by atoms with E-state index in [9.17, 15) is 0 Å². The molecule has 398 valence electrons. The zero-order valence-electron chi connectivity index (χ0n) is 46.3. The molecule has 0 saturated heterocycles. The van der Waals surface area contributed by atoms with Crippen molar-refractivity contribution < 1.29 is 8.83 Å². The van der Waals surface area contributed by atoms with Crippen molar-refractivity contribution in [2.24, 2.45) is 0 Å². The molecule has 0 fully saturated rings. The molecule has 0 saturated carbocycles. The van der Waals surface area contributed by atoms with Crippen molar-refractivity contribution in [1.82, 2.24) is 8.80 Å². The van der Waals surface area contributed by atoms with Crippen LogP contribution in [-0.4, -0.2) is 8.80 Å². The first-order valence-corrected chi connectivity index (χ1v) is 29.0. The molecule has 0 atom stereocenters. The van der Waals surface area contributed by atoms with Crippen molar-refractivity contribution in [2.45, 2.75) is 6.92 Å². The molecule has 6 heterocycles. The van der Waals surface area contributed by atoms with Crippen molar-refractivity contribution in [3.63, 3.8) is 0 Å². The molecule has 12 aromatic carbocycles. The number of fused-ring (bicyclic) bond motifs is 16. The van der Waals surface area contributed by atoms with Crippen LogP contribution >= 0.6 is 0 Å². The molecule has 0 N–H and O–H groups in total. The molecule has 0 radical (unpaired) electrons. The maximum Gasteiger partial charge on any atom is 0.159 e. The van der Waals surface area contributed by atoms with Crippen LogP contribution in [0.5, 0.6) is 0 Å². The van der Waals surface area contributed by atoms with E-state index in [4.69, 9.17) is 8.83 Å². The van der Waals surface area contributed by atoms with Crippen molar-refractivity contribution in [3.05, 3.63) is 285 Å². The highest BCUT2D eigenvalue weighted by Crippen LogP contribution is 2.50. The Bertz CT molecular complexity index is 5780. The summed E-state index contributed by atoms with van der Waals surface area (Å²) in [4.78, 5) is 4.75. The number of para-hydroxylation sites is 5. The topological polar surface area (TPSA) is 41.6 Å². The quantitative estimate of drug-likeness (QED) is 0.128. The molecule has 0 spiro atoms. The Morgan fingerprint density at radius 2 is 0.765 bits per heavy atom. The SMILES string of the molecule is C=C/C=C\c1c(C)oc2c(N(c3cccc(-c4ccccc4)c3)c3ccc4c5cccc6c7cc8c(cc7n(c4c3)c56)c3cccc4c5ccc(N(c6cccc(-c7ccccc7)c6)c6cccc7c6oc6ccccc67)cc5n8c43)cccc12. The highest BCUT2D eigenvalue weighted by molar-refractivity contribution is 6.29. The molecule has 0 aliphatic heterocycles. The first-order chi connectivity index (χ1) is 42.0. The number of furan rings is 2. The van der Waals surface area contributed by atoms with Gasteiger partial charge in [0.25, 0.3) is 0 Å². The number of aromatic nitrogens is 2. The predicted molar refractivity (Wildman–Crippen MR) is 357 cm³/mol. The number of nitrogens with zero attached hydrogens (tertiary/aromatic N) is 4. The number of anilines is 6. The number of allylic oxidation sites excluding steroid dienone is 2. The molecular weight excluding hydrogens is 1040 g/mol. The van der Waals surface area contributed by atoms with Crippen LogP contribution in [0.25, 0.3) is 137 Å². The molecule has 0 unspecified atom stereocenters. The third-order valence-electron chi connectivity index (χ3n) is 17.8. The molecule has 0 amide bonds. The van der Waals surface area contributed by atoms with Gasteiger partial charge in [-0.05, 0) is 108 Å². The maximum absolute atomic E-state index is 6.82. The Labute approximate surface area is 488 Å². The van der Waals surface area contributed by atoms with Crippen molar-refractivity contribution >= 4 is 149 Å². The summed E-state index contributed by atoms with van der Waals surface area (Å²) in [5.74, 6) is 0.858. The average Bonchev–Trinajstić information content (AvgIpc) is 1.64. The van der Waals surface area contributed by atoms with Crippen LogP contribution in [-0.2, 0) is 0 Å². The van der Waals surface area contributed by atoms with E-state index in [0.717, 1.165) is 112 Å². The molecular formula is C79H50N4O2. The standard InChI is InChI=1S/C79H50N4O2/c1-3-4-27-57-48(2)84-78-65(57)33-17-35-69(78)80(53-25-13-23-51(42-53)49-19-7-5-8-20-49)55-38-40-58-61-29-15-31-63-67-47-74-68(46-73(67)82(76(61)63)71(58)44-55)64-32-16-30-62-59-41-39-56(45-72(59)83(74)77(62)64)81(54-26-14-24-52(43-54)50-21-9-6-10-22-50)70-36-18-34-66-60-28-11-12-37-75(60)85-79(66)70/h3-47H,1H2,2H3/b27-4-. The molecule has 6 aromatic heterocycles. The summed E-state index contributed by atoms with van der Waals surface area (Å²) in [5.41, 5.74) is 21.3. The number of aryl methyl sites for hydroxylation is 1. The van der Waals surface area contributed by atoms with Crippen LogP contribution < -0.4 is 9.80 Å². The molecule has 6 heteroatoms. The van der Waals surface area contributed by atoms with Gasteiger partial charge in [-0.25, -0.2) is 0 Å². The fraction of sp³-hybridized carbons (Fsp3) is 0.0127. The van der Waals surface area contributed by atoms with Gasteiger partial charge in [-0.15, -0.1) is 0 Å². The molecule has 6 nitrogen and oxygen atoms in total. The summed E-state index contributed by atoms with van der Waals surface area (Å²) in [6.45, 7) is 6.00. The van der Waals surface area contributed by atoms with E-state index in [2.05, 4.69) is 280 Å². The monoisotopic (exact) mass is 1090 g/mol. The van der Waals surface area contributed by atoms with Crippen molar-refractivity contribution in [3.8, 4) is 22.3 Å². The number of hydrogen-bond acceptors (Lipinski definition) is 4. The summed E-state index contributed by atoms with van der Waals surface area (Å²) in [5, 5.41) is 13.0. The van der Waals surface area contributed by atoms with E-state index < -0.39 is 0 Å². The fourth-order valence-corrected chi connectivity index (χ4v) is 14.2. The first-order valence-electron chi connectivity index (χ1n) is 29.0. The Morgan fingerprint density at radius 1 is 0.341 bits per heavy atom. The van der Waals surface area contributed by atoms with Gasteiger partial charge in [0.1, 0.15) is 11.3 Å². The van der Waals surface area contributed by atoms with Gasteiger partial charge < -0.3 is 27.4 Å². The normalized spacial score (nSPS) is 12.3. The van der Waals surface area contributed by atoms with E-state index >= 15 is 0 Å². The van der Waals surface area contributed by atoms with E-state index in [1.165, 1.54) is 65.2 Å². The largest absolute Gasteiger partial charge is 0.459 e. The zero-order valence-corrected chi connectivity index (χ0v) is 46.3. The van der Waals surface area contributed by atoms with Gasteiger partial charge in [0.15, 0.2) is 11.2 Å². The second-order valence-corrected chi connectivity index (χ2v) is 22.4. The lowest BCUT2D eigenvalue weighted by molar-refractivity contribution is 0.578. The molecule has 0 aliphatic rings. The molecule has 18 rings (SSSR count). The van der Waals surface area contributed by atoms with E-state index in [0.29, 0.717) is 0 Å². The van der Waals surface area contributed by atoms with Gasteiger partial charge in [-0.1, -0.05) is 201 Å². The summed E-state index contributed by atoms with van der Waals surface area (Å²) in [6, 6.07) is 92.9. The van der Waals surface area contributed by atoms with Gasteiger partial charge >= 0.3 is 0 Å². The molecule has 0 bridgehead atoms. The van der Waals surface area contributed by atoms with E-state index in [-0.39, 0.29) is 0 Å². The third-order valence-corrected chi connectivity index (χ3v) is 17.8. The van der Waals surface area contributed by atoms with Crippen molar-refractivity contribution in [2.75, 3.05) is 9.80 Å². The Balaban J connectivity index is 0.862. The molecule has 0 aliphatic carbocycles. The van der Waals surface area contributed by atoms with Crippen LogP contribution in [0.2, 0.25) is 0 Å². The van der Waals surface area contributed by atoms with Crippen LogP contribution in [0.15, 0.2) is 282 Å². The summed E-state index contributed by atoms with van der Waals surface area (Å²) < 4.78 is 18.7. The van der Waals surface area contributed by atoms with Gasteiger partial charge in [0.2, 0.25) is 0 Å². The van der Waals surface area contributed by atoms with E-state index in [1.807, 2.05) is 25.1 Å². The summed E-state index contributed by atoms with van der Waals surface area (Å²) in [7, 11) is 0. The van der Waals surface area contributed by atoms with Crippen LogP contribution in [0, 0.1) is 6.92 Å². The fourth-order valence-electron chi connectivity index (χ4n) is 14.2. The Hall–Kier alpha value is -11.3. The van der Waals surface area contributed by atoms with Crippen LogP contribution in [0.1, 0.15) is 11.3 Å². The number of benzene rings is 12. The Morgan fingerprint density at radius 3 is 1.32 bits per heavy atom. The minimum atomic E-state index is 0.827. The predicted octanol–water partition coefficient (Wildman–Crippen LogP) is 22.4. The molecule has 85 heavy (non-hydrogen) atoms. The second-order valence-electron chi connectivity index (χ2n) is 22.4. The lowest BCUT2D eigenvalue weighted by atomic mass is 10.0.